The molecule has 0 atom stereocenters. The maximum absolute atomic E-state index is 13.3. The van der Waals surface area contributed by atoms with Gasteiger partial charge in [0.1, 0.15) is 5.82 Å². The third-order valence-electron chi connectivity index (χ3n) is 5.68. The summed E-state index contributed by atoms with van der Waals surface area (Å²) in [5.41, 5.74) is 7.34. The lowest BCUT2D eigenvalue weighted by Crippen LogP contribution is -2.43. The van der Waals surface area contributed by atoms with Crippen molar-refractivity contribution in [2.75, 3.05) is 0 Å². The van der Waals surface area contributed by atoms with E-state index in [4.69, 9.17) is 0 Å². The van der Waals surface area contributed by atoms with E-state index < -0.39 is 11.8 Å². The quantitative estimate of drug-likeness (QED) is 0.416. The minimum atomic E-state index is -0.630. The maximum Gasteiger partial charge on any atom is 0.290 e. The molecule has 2 heterocycles. The molecule has 10 heteroatoms. The molecule has 2 aromatic heterocycles. The van der Waals surface area contributed by atoms with Crippen LogP contribution < -0.4 is 16.4 Å². The number of carbonyl (C=O) groups excluding carboxylic acids is 2. The number of aryl methyl sites for hydroxylation is 2. The first-order valence-corrected chi connectivity index (χ1v) is 11.2. The Morgan fingerprint density at radius 1 is 0.971 bits per heavy atom. The second kappa shape index (κ2) is 9.88. The molecule has 35 heavy (non-hydrogen) atoms. The maximum atomic E-state index is 13.3. The number of rotatable bonds is 6. The number of nitrogens with zero attached hydrogens (tertiary/aromatic N) is 4. The second-order valence-corrected chi connectivity index (χ2v) is 8.14. The Bertz CT molecular complexity index is 1470. The fraction of sp³-hybridized carbons (Fsp3) is 0.240. The Labute approximate surface area is 200 Å². The van der Waals surface area contributed by atoms with Gasteiger partial charge in [-0.2, -0.15) is 10.2 Å². The van der Waals surface area contributed by atoms with E-state index in [0.29, 0.717) is 40.7 Å². The molecule has 0 fully saturated rings. The lowest BCUT2D eigenvalue weighted by molar-refractivity contribution is -0.121. The summed E-state index contributed by atoms with van der Waals surface area (Å²) in [6.07, 6.45) is 0.649. The van der Waals surface area contributed by atoms with Gasteiger partial charge in [0.2, 0.25) is 5.91 Å². The van der Waals surface area contributed by atoms with Crippen LogP contribution in [0.4, 0.5) is 4.39 Å². The summed E-state index contributed by atoms with van der Waals surface area (Å²) in [6, 6.07) is 12.6. The Kier molecular flexibility index (Phi) is 6.72. The normalized spacial score (nSPS) is 11.0. The molecule has 2 aromatic carbocycles. The minimum absolute atomic E-state index is 0.0251. The summed E-state index contributed by atoms with van der Waals surface area (Å²) in [5, 5.41) is 9.47. The molecule has 9 nitrogen and oxygen atoms in total. The number of halogens is 1. The molecule has 0 unspecified atom stereocenters. The molecule has 0 saturated heterocycles. The fourth-order valence-corrected chi connectivity index (χ4v) is 3.92. The molecule has 0 spiro atoms. The van der Waals surface area contributed by atoms with Gasteiger partial charge in [-0.3, -0.25) is 25.2 Å². The zero-order valence-electron chi connectivity index (χ0n) is 19.6. The molecule has 0 bridgehead atoms. The Morgan fingerprint density at radius 3 is 2.34 bits per heavy atom. The van der Waals surface area contributed by atoms with E-state index in [1.807, 2.05) is 13.8 Å². The number of benzene rings is 2. The summed E-state index contributed by atoms with van der Waals surface area (Å²) in [7, 11) is 0. The molecule has 0 aliphatic carbocycles. The fourth-order valence-electron chi connectivity index (χ4n) is 3.92. The van der Waals surface area contributed by atoms with Gasteiger partial charge in [-0.25, -0.2) is 13.8 Å². The van der Waals surface area contributed by atoms with E-state index in [1.54, 1.807) is 48.0 Å². The first-order valence-electron chi connectivity index (χ1n) is 11.2. The smallest absolute Gasteiger partial charge is 0.273 e. The van der Waals surface area contributed by atoms with Crippen molar-refractivity contribution >= 4 is 22.6 Å². The van der Waals surface area contributed by atoms with Gasteiger partial charge in [-0.15, -0.1) is 0 Å². The lowest BCUT2D eigenvalue weighted by Gasteiger charge is -2.11. The van der Waals surface area contributed by atoms with Crippen LogP contribution in [-0.4, -0.2) is 31.4 Å². The van der Waals surface area contributed by atoms with Gasteiger partial charge in [0.25, 0.3) is 11.5 Å². The number of fused-ring (bicyclic) bond motifs is 1. The summed E-state index contributed by atoms with van der Waals surface area (Å²) in [6.45, 7) is 5.87. The lowest BCUT2D eigenvalue weighted by atomic mass is 10.1. The van der Waals surface area contributed by atoms with Crippen LogP contribution >= 0.6 is 0 Å². The Morgan fingerprint density at radius 2 is 1.66 bits per heavy atom. The molecule has 4 rings (SSSR count). The number of hydrogen-bond donors (Lipinski definition) is 2. The van der Waals surface area contributed by atoms with Gasteiger partial charge in [0, 0.05) is 23.2 Å². The topological polar surface area (TPSA) is 111 Å². The van der Waals surface area contributed by atoms with Gasteiger partial charge in [0.05, 0.1) is 23.2 Å². The van der Waals surface area contributed by atoms with Gasteiger partial charge in [0.15, 0.2) is 5.69 Å². The third kappa shape index (κ3) is 4.81. The third-order valence-corrected chi connectivity index (χ3v) is 5.68. The summed E-state index contributed by atoms with van der Waals surface area (Å²) in [4.78, 5) is 38.1. The van der Waals surface area contributed by atoms with Crippen molar-refractivity contribution in [1.82, 2.24) is 30.4 Å². The van der Waals surface area contributed by atoms with Crippen molar-refractivity contribution in [3.8, 4) is 5.69 Å². The highest BCUT2D eigenvalue weighted by atomic mass is 19.1. The molecule has 0 radical (unpaired) electrons. The van der Waals surface area contributed by atoms with Crippen molar-refractivity contribution in [3.05, 3.63) is 87.3 Å². The first kappa shape index (κ1) is 23.8. The van der Waals surface area contributed by atoms with Gasteiger partial charge < -0.3 is 0 Å². The SMILES string of the molecule is CCCn1nc(C(=O)NNC(=O)Cc2c(C)nn(-c3ccc(F)cc3)c2C)c2ccccc2c1=O. The van der Waals surface area contributed by atoms with Crippen molar-refractivity contribution in [3.63, 3.8) is 0 Å². The molecule has 0 saturated carbocycles. The van der Waals surface area contributed by atoms with Crippen LogP contribution in [0.25, 0.3) is 16.5 Å². The number of hydrogen-bond acceptors (Lipinski definition) is 5. The minimum Gasteiger partial charge on any atom is -0.273 e. The van der Waals surface area contributed by atoms with Gasteiger partial charge in [-0.1, -0.05) is 25.1 Å². The van der Waals surface area contributed by atoms with Gasteiger partial charge in [-0.05, 0) is 50.6 Å². The van der Waals surface area contributed by atoms with Crippen LogP contribution in [0.1, 0.15) is 40.8 Å². The molecule has 180 valence electrons. The van der Waals surface area contributed by atoms with E-state index in [0.717, 1.165) is 5.69 Å². The highest BCUT2D eigenvalue weighted by Crippen LogP contribution is 2.19. The standard InChI is InChI=1S/C25H25FN6O3/c1-4-13-31-25(35)20-8-6-5-7-19(20)23(30-31)24(34)28-27-22(33)14-21-15(2)29-32(16(21)3)18-11-9-17(26)10-12-18/h5-12H,4,13-14H2,1-3H3,(H,27,33)(H,28,34). The second-order valence-electron chi connectivity index (χ2n) is 8.14. The predicted molar refractivity (Wildman–Crippen MR) is 129 cm³/mol. The largest absolute Gasteiger partial charge is 0.290 e. The first-order chi connectivity index (χ1) is 16.8. The summed E-state index contributed by atoms with van der Waals surface area (Å²) < 4.78 is 16.2. The Balaban J connectivity index is 1.51. The zero-order chi connectivity index (χ0) is 25.1. The molecule has 0 aliphatic heterocycles. The van der Waals surface area contributed by atoms with Crippen molar-refractivity contribution in [2.45, 2.75) is 40.2 Å². The summed E-state index contributed by atoms with van der Waals surface area (Å²) >= 11 is 0. The van der Waals surface area contributed by atoms with E-state index in [-0.39, 0.29) is 23.5 Å². The zero-order valence-corrected chi connectivity index (χ0v) is 19.6. The molecular formula is C25H25FN6O3. The number of aromatic nitrogens is 4. The van der Waals surface area contributed by atoms with Crippen LogP contribution in [0, 0.1) is 19.7 Å². The van der Waals surface area contributed by atoms with Crippen LogP contribution in [0.2, 0.25) is 0 Å². The number of nitrogens with one attached hydrogen (secondary N) is 2. The average molecular weight is 477 g/mol. The number of carbonyl (C=O) groups is 2. The number of hydrazine groups is 1. The average Bonchev–Trinajstić information content (AvgIpc) is 3.13. The monoisotopic (exact) mass is 476 g/mol. The van der Waals surface area contributed by atoms with Crippen LogP contribution in [0.5, 0.6) is 0 Å². The highest BCUT2D eigenvalue weighted by molar-refractivity contribution is 6.05. The Hall–Kier alpha value is -4.34. The van der Waals surface area contributed by atoms with Crippen LogP contribution in [0.3, 0.4) is 0 Å². The van der Waals surface area contributed by atoms with Gasteiger partial charge >= 0.3 is 0 Å². The van der Waals surface area contributed by atoms with Crippen LogP contribution in [0.15, 0.2) is 53.3 Å². The molecular weight excluding hydrogens is 451 g/mol. The molecule has 0 aliphatic rings. The van der Waals surface area contributed by atoms with Crippen molar-refractivity contribution in [2.24, 2.45) is 0 Å². The van der Waals surface area contributed by atoms with E-state index >= 15 is 0 Å². The van der Waals surface area contributed by atoms with Crippen LogP contribution in [-0.2, 0) is 17.8 Å². The highest BCUT2D eigenvalue weighted by Gasteiger charge is 2.19. The van der Waals surface area contributed by atoms with E-state index in [9.17, 15) is 18.8 Å². The molecule has 4 aromatic rings. The van der Waals surface area contributed by atoms with E-state index in [2.05, 4.69) is 21.0 Å². The molecule has 2 amide bonds. The van der Waals surface area contributed by atoms with E-state index in [1.165, 1.54) is 16.8 Å². The molecule has 2 N–H and O–H groups in total. The number of amides is 2. The van der Waals surface area contributed by atoms with Crippen molar-refractivity contribution in [1.29, 1.82) is 0 Å². The van der Waals surface area contributed by atoms with Crippen molar-refractivity contribution < 1.29 is 14.0 Å². The predicted octanol–water partition coefficient (Wildman–Crippen LogP) is 2.75. The summed E-state index contributed by atoms with van der Waals surface area (Å²) in [5.74, 6) is -1.43.